The lowest BCUT2D eigenvalue weighted by Gasteiger charge is -2.25. The largest absolute Gasteiger partial charge is 0.455 e. The average molecular weight is 523 g/mol. The highest BCUT2D eigenvalue weighted by Gasteiger charge is 2.27. The van der Waals surface area contributed by atoms with Crippen molar-refractivity contribution < 1.29 is 4.42 Å². The van der Waals surface area contributed by atoms with Gasteiger partial charge in [-0.15, -0.1) is 0 Å². The van der Waals surface area contributed by atoms with Crippen LogP contribution in [-0.4, -0.2) is 9.97 Å². The first-order valence-corrected chi connectivity index (χ1v) is 13.8. The third kappa shape index (κ3) is 3.14. The molecule has 5 aromatic carbocycles. The van der Waals surface area contributed by atoms with E-state index in [4.69, 9.17) is 14.4 Å². The maximum absolute atomic E-state index is 6.55. The Bertz CT molecular complexity index is 2330. The van der Waals surface area contributed by atoms with Crippen LogP contribution in [0.2, 0.25) is 0 Å². The molecule has 190 valence electrons. The molecule has 3 aromatic heterocycles. The summed E-state index contributed by atoms with van der Waals surface area (Å²) in [6.45, 7) is 0. The van der Waals surface area contributed by atoms with E-state index in [9.17, 15) is 0 Å². The first-order valence-electron chi connectivity index (χ1n) is 13.8. The molecule has 3 heteroatoms. The monoisotopic (exact) mass is 522 g/mol. The molecule has 3 heterocycles. The second-order valence-electron chi connectivity index (χ2n) is 10.5. The normalized spacial score (nSPS) is 11.9. The van der Waals surface area contributed by atoms with Crippen LogP contribution in [0.3, 0.4) is 0 Å². The van der Waals surface area contributed by atoms with Crippen molar-refractivity contribution in [3.63, 3.8) is 0 Å². The van der Waals surface area contributed by atoms with Gasteiger partial charge in [0.15, 0.2) is 0 Å². The zero-order valence-electron chi connectivity index (χ0n) is 22.0. The third-order valence-corrected chi connectivity index (χ3v) is 8.36. The van der Waals surface area contributed by atoms with Crippen LogP contribution < -0.4 is 0 Å². The summed E-state index contributed by atoms with van der Waals surface area (Å²) in [5, 5.41) is 2.25. The second kappa shape index (κ2) is 8.48. The average Bonchev–Trinajstić information content (AvgIpc) is 3.42. The van der Waals surface area contributed by atoms with E-state index in [1.165, 1.54) is 22.3 Å². The van der Waals surface area contributed by atoms with E-state index < -0.39 is 0 Å². The van der Waals surface area contributed by atoms with Crippen LogP contribution in [0.25, 0.3) is 88.6 Å². The van der Waals surface area contributed by atoms with Gasteiger partial charge in [-0.2, -0.15) is 0 Å². The van der Waals surface area contributed by atoms with Gasteiger partial charge in [0.25, 0.3) is 0 Å². The Morgan fingerprint density at radius 3 is 1.93 bits per heavy atom. The van der Waals surface area contributed by atoms with Crippen LogP contribution >= 0.6 is 0 Å². The Kier molecular flexibility index (Phi) is 4.61. The van der Waals surface area contributed by atoms with E-state index in [2.05, 4.69) is 97.1 Å². The number of hydrogen-bond donors (Lipinski definition) is 0. The summed E-state index contributed by atoms with van der Waals surface area (Å²) in [5.41, 5.74) is 15.0. The highest BCUT2D eigenvalue weighted by Crippen LogP contribution is 2.52. The number of furan rings is 1. The van der Waals surface area contributed by atoms with Crippen LogP contribution in [0.1, 0.15) is 0 Å². The number of hydrogen-bond acceptors (Lipinski definition) is 3. The summed E-state index contributed by atoms with van der Waals surface area (Å²) in [4.78, 5) is 9.76. The van der Waals surface area contributed by atoms with Gasteiger partial charge in [0, 0.05) is 39.9 Å². The third-order valence-electron chi connectivity index (χ3n) is 8.36. The topological polar surface area (TPSA) is 38.9 Å². The second-order valence-corrected chi connectivity index (χ2v) is 10.5. The van der Waals surface area contributed by atoms with E-state index >= 15 is 0 Å². The summed E-state index contributed by atoms with van der Waals surface area (Å²) >= 11 is 0. The van der Waals surface area contributed by atoms with Gasteiger partial charge in [0.1, 0.15) is 11.2 Å². The van der Waals surface area contributed by atoms with Gasteiger partial charge in [-0.05, 0) is 57.1 Å². The molecule has 0 aliphatic heterocycles. The fourth-order valence-electron chi connectivity index (χ4n) is 6.62. The standard InChI is InChI=1S/C38H22N2O/c1-2-12-25-23(10-1)24-11-3-4-14-27(24)35-28(30-17-8-16-29-26-13-5-6-20-34(26)41-38(29)30)15-7-18-31(35)36-32(25)22-40-33-19-9-21-39-37(33)36/h1-22H. The molecular formula is C38H22N2O. The van der Waals surface area contributed by atoms with E-state index in [1.807, 2.05) is 36.7 Å². The summed E-state index contributed by atoms with van der Waals surface area (Å²) in [7, 11) is 0. The van der Waals surface area contributed by atoms with Gasteiger partial charge in [-0.3, -0.25) is 9.97 Å². The van der Waals surface area contributed by atoms with Crippen molar-refractivity contribution in [3.05, 3.63) is 134 Å². The van der Waals surface area contributed by atoms with E-state index in [0.29, 0.717) is 0 Å². The molecule has 0 bridgehead atoms. The SMILES string of the molecule is c1ccc2c(c1)-c1ccccc1-c1c(cccc1-c1cccc3c1oc1ccccc13)-c1c-2cnc2cccnc12. The number of rotatable bonds is 1. The maximum atomic E-state index is 6.55. The van der Waals surface area contributed by atoms with Gasteiger partial charge in [0.05, 0.1) is 11.0 Å². The minimum absolute atomic E-state index is 0.883. The lowest BCUT2D eigenvalue weighted by atomic mass is 9.78. The lowest BCUT2D eigenvalue weighted by Crippen LogP contribution is -2.01. The Morgan fingerprint density at radius 1 is 0.415 bits per heavy atom. The molecule has 0 atom stereocenters. The minimum atomic E-state index is 0.883. The summed E-state index contributed by atoms with van der Waals surface area (Å²) < 4.78 is 6.55. The zero-order valence-corrected chi connectivity index (χ0v) is 22.0. The molecule has 1 aliphatic carbocycles. The van der Waals surface area contributed by atoms with Gasteiger partial charge >= 0.3 is 0 Å². The fraction of sp³-hybridized carbons (Fsp3) is 0. The van der Waals surface area contributed by atoms with Gasteiger partial charge in [-0.1, -0.05) is 103 Å². The van der Waals surface area contributed by atoms with Crippen LogP contribution in [0, 0.1) is 0 Å². The number of para-hydroxylation sites is 2. The number of fused-ring (bicyclic) bond motifs is 13. The van der Waals surface area contributed by atoms with E-state index in [0.717, 1.165) is 66.4 Å². The van der Waals surface area contributed by atoms with E-state index in [-0.39, 0.29) is 0 Å². The highest BCUT2D eigenvalue weighted by molar-refractivity contribution is 6.15. The Morgan fingerprint density at radius 2 is 1.05 bits per heavy atom. The van der Waals surface area contributed by atoms with Crippen LogP contribution in [0.5, 0.6) is 0 Å². The molecule has 1 aliphatic rings. The molecule has 8 aromatic rings. The van der Waals surface area contributed by atoms with Crippen LogP contribution in [0.15, 0.2) is 138 Å². The van der Waals surface area contributed by atoms with Crippen LogP contribution in [-0.2, 0) is 0 Å². The minimum Gasteiger partial charge on any atom is -0.455 e. The van der Waals surface area contributed by atoms with Crippen molar-refractivity contribution in [2.75, 3.05) is 0 Å². The summed E-state index contributed by atoms with van der Waals surface area (Å²) in [6, 6.07) is 42.7. The maximum Gasteiger partial charge on any atom is 0.143 e. The smallest absolute Gasteiger partial charge is 0.143 e. The van der Waals surface area contributed by atoms with Crippen molar-refractivity contribution >= 4 is 33.0 Å². The van der Waals surface area contributed by atoms with Crippen molar-refractivity contribution in [2.45, 2.75) is 0 Å². The molecule has 0 radical (unpaired) electrons. The Balaban J connectivity index is 1.49. The van der Waals surface area contributed by atoms with Crippen LogP contribution in [0.4, 0.5) is 0 Å². The molecule has 9 rings (SSSR count). The van der Waals surface area contributed by atoms with Crippen molar-refractivity contribution in [1.82, 2.24) is 9.97 Å². The van der Waals surface area contributed by atoms with E-state index in [1.54, 1.807) is 0 Å². The molecule has 0 saturated heterocycles. The van der Waals surface area contributed by atoms with Gasteiger partial charge in [0.2, 0.25) is 0 Å². The number of benzene rings is 5. The van der Waals surface area contributed by atoms with Crippen molar-refractivity contribution in [3.8, 4) is 55.6 Å². The molecule has 0 fully saturated rings. The molecule has 0 unspecified atom stereocenters. The first-order chi connectivity index (χ1) is 20.4. The first kappa shape index (κ1) is 22.3. The predicted molar refractivity (Wildman–Crippen MR) is 168 cm³/mol. The number of aromatic nitrogens is 2. The highest BCUT2D eigenvalue weighted by atomic mass is 16.3. The lowest BCUT2D eigenvalue weighted by molar-refractivity contribution is 0.670. The Labute approximate surface area is 236 Å². The molecule has 0 N–H and O–H groups in total. The molecule has 3 nitrogen and oxygen atoms in total. The van der Waals surface area contributed by atoms with Gasteiger partial charge in [-0.25, -0.2) is 0 Å². The predicted octanol–water partition coefficient (Wildman–Crippen LogP) is 10.2. The van der Waals surface area contributed by atoms with Gasteiger partial charge < -0.3 is 4.42 Å². The summed E-state index contributed by atoms with van der Waals surface area (Å²) in [6.07, 6.45) is 3.88. The molecular weight excluding hydrogens is 500 g/mol. The summed E-state index contributed by atoms with van der Waals surface area (Å²) in [5.74, 6) is 0. The molecule has 0 amide bonds. The molecule has 0 spiro atoms. The number of pyridine rings is 2. The van der Waals surface area contributed by atoms with Crippen molar-refractivity contribution in [2.24, 2.45) is 0 Å². The Hall–Kier alpha value is -5.54. The zero-order chi connectivity index (χ0) is 26.9. The fourth-order valence-corrected chi connectivity index (χ4v) is 6.62. The molecule has 41 heavy (non-hydrogen) atoms. The number of nitrogens with zero attached hydrogens (tertiary/aromatic N) is 2. The van der Waals surface area contributed by atoms with Crippen molar-refractivity contribution in [1.29, 1.82) is 0 Å². The molecule has 0 saturated carbocycles. The quantitative estimate of drug-likeness (QED) is 0.215.